The number of halogens is 2. The lowest BCUT2D eigenvalue weighted by molar-refractivity contribution is 0.598. The topological polar surface area (TPSA) is 73.1 Å². The molecule has 3 aromatic rings. The highest BCUT2D eigenvalue weighted by Crippen LogP contribution is 2.31. The molecule has 0 aliphatic rings. The van der Waals surface area contributed by atoms with Crippen LogP contribution in [-0.4, -0.2) is 13.4 Å². The van der Waals surface area contributed by atoms with Crippen molar-refractivity contribution in [3.05, 3.63) is 70.8 Å². The standard InChI is InChI=1S/C17H12Cl2N2O2S/c18-12-6-7-13(15(19)9-12)11-5-8-16(21-10-11)14-3-1-2-4-17(14)24(20,22)23/h1-10H,(H2,20,22,23). The summed E-state index contributed by atoms with van der Waals surface area (Å²) in [6.07, 6.45) is 1.63. The molecule has 2 N–H and O–H groups in total. The predicted octanol–water partition coefficient (Wildman–Crippen LogP) is 4.37. The Kier molecular flexibility index (Phi) is 4.60. The smallest absolute Gasteiger partial charge is 0.238 e. The molecule has 7 heteroatoms. The molecule has 0 aliphatic carbocycles. The van der Waals surface area contributed by atoms with Crippen LogP contribution in [0.4, 0.5) is 0 Å². The van der Waals surface area contributed by atoms with Crippen molar-refractivity contribution in [3.8, 4) is 22.4 Å². The van der Waals surface area contributed by atoms with Gasteiger partial charge < -0.3 is 0 Å². The summed E-state index contributed by atoms with van der Waals surface area (Å²) >= 11 is 12.1. The predicted molar refractivity (Wildman–Crippen MR) is 96.5 cm³/mol. The van der Waals surface area contributed by atoms with Gasteiger partial charge in [0.05, 0.1) is 10.6 Å². The van der Waals surface area contributed by atoms with Gasteiger partial charge in [-0.1, -0.05) is 53.5 Å². The molecule has 0 saturated heterocycles. The number of rotatable bonds is 3. The molecule has 0 radical (unpaired) electrons. The number of nitrogens with zero attached hydrogens (tertiary/aromatic N) is 1. The molecular formula is C17H12Cl2N2O2S. The fourth-order valence-corrected chi connectivity index (χ4v) is 3.63. The number of nitrogens with two attached hydrogens (primary N) is 1. The molecule has 0 atom stereocenters. The summed E-state index contributed by atoms with van der Waals surface area (Å²) in [4.78, 5) is 4.39. The summed E-state index contributed by atoms with van der Waals surface area (Å²) in [5.74, 6) is 0. The molecule has 122 valence electrons. The molecule has 2 aromatic carbocycles. The molecule has 0 unspecified atom stereocenters. The van der Waals surface area contributed by atoms with Gasteiger partial charge in [0.15, 0.2) is 0 Å². The molecule has 0 amide bonds. The molecule has 4 nitrogen and oxygen atoms in total. The third-order valence-corrected chi connectivity index (χ3v) is 4.99. The summed E-state index contributed by atoms with van der Waals surface area (Å²) in [5, 5.41) is 6.33. The zero-order chi connectivity index (χ0) is 17.3. The van der Waals surface area contributed by atoms with E-state index in [-0.39, 0.29) is 4.90 Å². The van der Waals surface area contributed by atoms with E-state index in [4.69, 9.17) is 28.3 Å². The molecular weight excluding hydrogens is 367 g/mol. The summed E-state index contributed by atoms with van der Waals surface area (Å²) in [5.41, 5.74) is 2.55. The second kappa shape index (κ2) is 6.53. The van der Waals surface area contributed by atoms with Crippen LogP contribution in [-0.2, 0) is 10.0 Å². The van der Waals surface area contributed by atoms with Gasteiger partial charge in [-0.15, -0.1) is 0 Å². The zero-order valence-electron chi connectivity index (χ0n) is 12.3. The van der Waals surface area contributed by atoms with Crippen molar-refractivity contribution in [2.24, 2.45) is 5.14 Å². The Morgan fingerprint density at radius 1 is 0.917 bits per heavy atom. The van der Waals surface area contributed by atoms with Crippen LogP contribution >= 0.6 is 23.2 Å². The van der Waals surface area contributed by atoms with Gasteiger partial charge in [0.1, 0.15) is 0 Å². The van der Waals surface area contributed by atoms with E-state index < -0.39 is 10.0 Å². The summed E-state index contributed by atoms with van der Waals surface area (Å²) in [7, 11) is -3.83. The average molecular weight is 379 g/mol. The molecule has 1 heterocycles. The van der Waals surface area contributed by atoms with Gasteiger partial charge in [0.2, 0.25) is 10.0 Å². The molecule has 0 aliphatic heterocycles. The number of hydrogen-bond acceptors (Lipinski definition) is 3. The first kappa shape index (κ1) is 16.9. The molecule has 0 fully saturated rings. The highest BCUT2D eigenvalue weighted by molar-refractivity contribution is 7.89. The second-order valence-electron chi connectivity index (χ2n) is 5.10. The fourth-order valence-electron chi connectivity index (χ4n) is 2.36. The number of pyridine rings is 1. The Balaban J connectivity index is 2.05. The molecule has 0 bridgehead atoms. The largest absolute Gasteiger partial charge is 0.256 e. The lowest BCUT2D eigenvalue weighted by Crippen LogP contribution is -2.13. The van der Waals surface area contributed by atoms with E-state index in [1.54, 1.807) is 48.7 Å². The van der Waals surface area contributed by atoms with Gasteiger partial charge in [-0.05, 0) is 24.3 Å². The minimum absolute atomic E-state index is 0.0368. The van der Waals surface area contributed by atoms with Gasteiger partial charge in [-0.2, -0.15) is 0 Å². The van der Waals surface area contributed by atoms with Crippen LogP contribution in [0.3, 0.4) is 0 Å². The molecule has 0 spiro atoms. The molecule has 0 saturated carbocycles. The SMILES string of the molecule is NS(=O)(=O)c1ccccc1-c1ccc(-c2ccc(Cl)cc2Cl)cn1. The number of hydrogen-bond donors (Lipinski definition) is 1. The molecule has 3 rings (SSSR count). The Morgan fingerprint density at radius 2 is 1.67 bits per heavy atom. The third kappa shape index (κ3) is 3.44. The van der Waals surface area contributed by atoms with Gasteiger partial charge >= 0.3 is 0 Å². The van der Waals surface area contributed by atoms with Crippen LogP contribution in [0.5, 0.6) is 0 Å². The lowest BCUT2D eigenvalue weighted by Gasteiger charge is -2.09. The average Bonchev–Trinajstić information content (AvgIpc) is 2.54. The van der Waals surface area contributed by atoms with E-state index in [0.717, 1.165) is 11.1 Å². The maximum absolute atomic E-state index is 11.7. The van der Waals surface area contributed by atoms with Crippen molar-refractivity contribution in [1.82, 2.24) is 4.98 Å². The first-order valence-corrected chi connectivity index (χ1v) is 9.20. The highest BCUT2D eigenvalue weighted by atomic mass is 35.5. The van der Waals surface area contributed by atoms with Gasteiger partial charge in [-0.25, -0.2) is 13.6 Å². The van der Waals surface area contributed by atoms with Gasteiger partial charge in [0, 0.05) is 32.9 Å². The van der Waals surface area contributed by atoms with Crippen molar-refractivity contribution >= 4 is 33.2 Å². The maximum atomic E-state index is 11.7. The lowest BCUT2D eigenvalue weighted by atomic mass is 10.1. The van der Waals surface area contributed by atoms with Crippen LogP contribution in [0.2, 0.25) is 10.0 Å². The van der Waals surface area contributed by atoms with Crippen LogP contribution in [0.15, 0.2) is 65.7 Å². The van der Waals surface area contributed by atoms with Crippen molar-refractivity contribution in [2.75, 3.05) is 0 Å². The van der Waals surface area contributed by atoms with Gasteiger partial charge in [0.25, 0.3) is 0 Å². The first-order chi connectivity index (χ1) is 11.4. The first-order valence-electron chi connectivity index (χ1n) is 6.90. The van der Waals surface area contributed by atoms with Crippen molar-refractivity contribution in [2.45, 2.75) is 4.90 Å². The van der Waals surface area contributed by atoms with E-state index in [9.17, 15) is 8.42 Å². The Morgan fingerprint density at radius 3 is 2.29 bits per heavy atom. The van der Waals surface area contributed by atoms with Crippen LogP contribution < -0.4 is 5.14 Å². The van der Waals surface area contributed by atoms with Crippen LogP contribution in [0.1, 0.15) is 0 Å². The minimum Gasteiger partial charge on any atom is -0.256 e. The zero-order valence-corrected chi connectivity index (χ0v) is 14.6. The van der Waals surface area contributed by atoms with E-state index >= 15 is 0 Å². The van der Waals surface area contributed by atoms with E-state index in [2.05, 4.69) is 4.98 Å². The van der Waals surface area contributed by atoms with E-state index in [0.29, 0.717) is 21.3 Å². The minimum atomic E-state index is -3.83. The van der Waals surface area contributed by atoms with Crippen molar-refractivity contribution in [3.63, 3.8) is 0 Å². The number of sulfonamides is 1. The monoisotopic (exact) mass is 378 g/mol. The quantitative estimate of drug-likeness (QED) is 0.735. The van der Waals surface area contributed by atoms with Crippen LogP contribution in [0, 0.1) is 0 Å². The Hall–Kier alpha value is -1.92. The number of primary sulfonamides is 1. The highest BCUT2D eigenvalue weighted by Gasteiger charge is 2.15. The summed E-state index contributed by atoms with van der Waals surface area (Å²) in [6.45, 7) is 0. The number of aromatic nitrogens is 1. The third-order valence-electron chi connectivity index (χ3n) is 3.48. The number of benzene rings is 2. The Bertz CT molecular complexity index is 1000. The van der Waals surface area contributed by atoms with Crippen LogP contribution in [0.25, 0.3) is 22.4 Å². The Labute approximate surface area is 149 Å². The summed E-state index contributed by atoms with van der Waals surface area (Å²) in [6, 6.07) is 15.2. The summed E-state index contributed by atoms with van der Waals surface area (Å²) < 4.78 is 23.4. The second-order valence-corrected chi connectivity index (χ2v) is 7.47. The normalized spacial score (nSPS) is 11.5. The van der Waals surface area contributed by atoms with E-state index in [1.165, 1.54) is 6.07 Å². The fraction of sp³-hybridized carbons (Fsp3) is 0. The maximum Gasteiger partial charge on any atom is 0.238 e. The molecule has 24 heavy (non-hydrogen) atoms. The molecule has 1 aromatic heterocycles. The van der Waals surface area contributed by atoms with E-state index in [1.807, 2.05) is 6.07 Å². The van der Waals surface area contributed by atoms with Crippen molar-refractivity contribution < 1.29 is 8.42 Å². The van der Waals surface area contributed by atoms with Crippen molar-refractivity contribution in [1.29, 1.82) is 0 Å². The van der Waals surface area contributed by atoms with Gasteiger partial charge in [-0.3, -0.25) is 4.98 Å².